The zero-order valence-corrected chi connectivity index (χ0v) is 18.7. The third kappa shape index (κ3) is 5.08. The predicted octanol–water partition coefficient (Wildman–Crippen LogP) is 4.45. The van der Waals surface area contributed by atoms with Gasteiger partial charge in [-0.1, -0.05) is 26.0 Å². The average molecular weight is 443 g/mol. The summed E-state index contributed by atoms with van der Waals surface area (Å²) in [6, 6.07) is 13.3. The molecule has 2 N–H and O–H groups in total. The number of carbonyl (C=O) groups excluding carboxylic acids is 1. The monoisotopic (exact) mass is 442 g/mol. The fourth-order valence-electron chi connectivity index (χ4n) is 3.24. The molecule has 1 heterocycles. The van der Waals surface area contributed by atoms with Crippen molar-refractivity contribution in [3.8, 4) is 5.75 Å². The molecule has 0 aliphatic carbocycles. The highest BCUT2D eigenvalue weighted by Crippen LogP contribution is 2.32. The molecule has 0 radical (unpaired) electrons. The molecule has 0 saturated heterocycles. The first-order valence-electron chi connectivity index (χ1n) is 9.84. The summed E-state index contributed by atoms with van der Waals surface area (Å²) in [6.07, 6.45) is 1.52. The maximum absolute atomic E-state index is 13.2. The fourth-order valence-corrected chi connectivity index (χ4v) is 4.58. The largest absolute Gasteiger partial charge is 0.496 e. The average Bonchev–Trinajstić information content (AvgIpc) is 3.25. The molecule has 0 bridgehead atoms. The molecule has 7 nitrogen and oxygen atoms in total. The van der Waals surface area contributed by atoms with Crippen molar-refractivity contribution in [3.63, 3.8) is 0 Å². The molecular formula is C23H26N2O5S. The van der Waals surface area contributed by atoms with Crippen LogP contribution >= 0.6 is 0 Å². The number of hydrogen-bond donors (Lipinski definition) is 2. The first-order valence-corrected chi connectivity index (χ1v) is 11.3. The van der Waals surface area contributed by atoms with E-state index in [9.17, 15) is 13.2 Å². The molecule has 3 rings (SSSR count). The summed E-state index contributed by atoms with van der Waals surface area (Å²) in [4.78, 5) is 12.8. The normalized spacial score (nSPS) is 11.4. The molecule has 8 heteroatoms. The maximum Gasteiger partial charge on any atom is 0.262 e. The van der Waals surface area contributed by atoms with Gasteiger partial charge in [0, 0.05) is 0 Å². The van der Waals surface area contributed by atoms with Crippen LogP contribution in [0.1, 0.15) is 47.0 Å². The van der Waals surface area contributed by atoms with Crippen molar-refractivity contribution < 1.29 is 22.4 Å². The Hall–Kier alpha value is -3.26. The van der Waals surface area contributed by atoms with Crippen molar-refractivity contribution in [1.29, 1.82) is 0 Å². The molecular weight excluding hydrogens is 416 g/mol. The number of aryl methyl sites for hydroxylation is 1. The van der Waals surface area contributed by atoms with Gasteiger partial charge in [0.25, 0.3) is 15.9 Å². The number of benzene rings is 2. The fraction of sp³-hybridized carbons (Fsp3) is 0.261. The topological polar surface area (TPSA) is 97.6 Å². The number of hydrogen-bond acceptors (Lipinski definition) is 5. The number of nitrogens with one attached hydrogen (secondary N) is 2. The summed E-state index contributed by atoms with van der Waals surface area (Å²) in [6.45, 7) is 5.84. The van der Waals surface area contributed by atoms with Crippen LogP contribution in [0.15, 0.2) is 64.1 Å². The van der Waals surface area contributed by atoms with E-state index in [-0.39, 0.29) is 28.6 Å². The Morgan fingerprint density at radius 3 is 2.52 bits per heavy atom. The summed E-state index contributed by atoms with van der Waals surface area (Å²) in [5.74, 6) is 0.902. The minimum Gasteiger partial charge on any atom is -0.496 e. The second-order valence-electron chi connectivity index (χ2n) is 7.43. The highest BCUT2D eigenvalue weighted by molar-refractivity contribution is 7.92. The highest BCUT2D eigenvalue weighted by atomic mass is 32.2. The van der Waals surface area contributed by atoms with Gasteiger partial charge >= 0.3 is 0 Å². The van der Waals surface area contributed by atoms with E-state index in [1.165, 1.54) is 6.26 Å². The number of rotatable bonds is 8. The van der Waals surface area contributed by atoms with Gasteiger partial charge in [0.15, 0.2) is 0 Å². The summed E-state index contributed by atoms with van der Waals surface area (Å²) in [7, 11) is -2.38. The Balaban J connectivity index is 1.90. The van der Waals surface area contributed by atoms with E-state index in [2.05, 4.69) is 10.0 Å². The van der Waals surface area contributed by atoms with Crippen molar-refractivity contribution in [2.24, 2.45) is 0 Å². The Morgan fingerprint density at radius 1 is 1.13 bits per heavy atom. The molecule has 0 fully saturated rings. The molecule has 1 aromatic heterocycles. The van der Waals surface area contributed by atoms with Crippen molar-refractivity contribution in [3.05, 3.63) is 77.2 Å². The van der Waals surface area contributed by atoms with E-state index >= 15 is 0 Å². The van der Waals surface area contributed by atoms with Gasteiger partial charge in [-0.2, -0.15) is 0 Å². The van der Waals surface area contributed by atoms with Gasteiger partial charge in [0.1, 0.15) is 11.5 Å². The van der Waals surface area contributed by atoms with Gasteiger partial charge in [-0.05, 0) is 60.4 Å². The molecule has 3 aromatic rings. The smallest absolute Gasteiger partial charge is 0.262 e. The van der Waals surface area contributed by atoms with E-state index in [0.29, 0.717) is 17.1 Å². The molecule has 0 aliphatic rings. The third-order valence-electron chi connectivity index (χ3n) is 4.86. The van der Waals surface area contributed by atoms with Crippen LogP contribution in [0.4, 0.5) is 5.69 Å². The van der Waals surface area contributed by atoms with Gasteiger partial charge in [-0.25, -0.2) is 8.42 Å². The van der Waals surface area contributed by atoms with Crippen LogP contribution in [-0.2, 0) is 16.6 Å². The second kappa shape index (κ2) is 9.26. The molecule has 164 valence electrons. The zero-order valence-electron chi connectivity index (χ0n) is 17.9. The molecule has 0 saturated carbocycles. The van der Waals surface area contributed by atoms with Crippen LogP contribution < -0.4 is 14.8 Å². The second-order valence-corrected chi connectivity index (χ2v) is 9.08. The SMILES string of the molecule is COc1cc(C)c(S(=O)(=O)Nc2ccccc2C(=O)NCc2ccco2)cc1C(C)C. The molecule has 1 amide bonds. The van der Waals surface area contributed by atoms with E-state index in [0.717, 1.165) is 5.56 Å². The minimum absolute atomic E-state index is 0.0733. The molecule has 0 atom stereocenters. The first-order chi connectivity index (χ1) is 14.7. The number of furan rings is 1. The zero-order chi connectivity index (χ0) is 22.6. The number of carbonyl (C=O) groups is 1. The molecule has 0 unspecified atom stereocenters. The van der Waals surface area contributed by atoms with Gasteiger partial charge < -0.3 is 14.5 Å². The Labute approximate surface area is 182 Å². The standard InChI is InChI=1S/C23H26N2O5S/c1-15(2)19-13-22(16(3)12-21(19)29-4)31(27,28)25-20-10-6-5-9-18(20)23(26)24-14-17-8-7-11-30-17/h5-13,15,25H,14H2,1-4H3,(H,24,26). The Bertz CT molecular complexity index is 1170. The molecule has 0 aliphatic heterocycles. The van der Waals surface area contributed by atoms with Crippen LogP contribution in [0, 0.1) is 6.92 Å². The predicted molar refractivity (Wildman–Crippen MR) is 119 cm³/mol. The number of anilines is 1. The number of ether oxygens (including phenoxy) is 1. The van der Waals surface area contributed by atoms with Gasteiger partial charge in [0.05, 0.1) is 36.1 Å². The van der Waals surface area contributed by atoms with Crippen LogP contribution in [0.5, 0.6) is 5.75 Å². The summed E-state index contributed by atoms with van der Waals surface area (Å²) < 4.78 is 39.6. The highest BCUT2D eigenvalue weighted by Gasteiger charge is 2.23. The lowest BCUT2D eigenvalue weighted by Crippen LogP contribution is -2.25. The van der Waals surface area contributed by atoms with Gasteiger partial charge in [0.2, 0.25) is 0 Å². The molecule has 31 heavy (non-hydrogen) atoms. The van der Waals surface area contributed by atoms with E-state index < -0.39 is 15.9 Å². The number of amides is 1. The lowest BCUT2D eigenvalue weighted by atomic mass is 10.0. The summed E-state index contributed by atoms with van der Waals surface area (Å²) in [5.41, 5.74) is 1.75. The number of methoxy groups -OCH3 is 1. The quantitative estimate of drug-likeness (QED) is 0.537. The Morgan fingerprint density at radius 2 is 1.87 bits per heavy atom. The Kier molecular flexibility index (Phi) is 6.70. The third-order valence-corrected chi connectivity index (χ3v) is 6.37. The lowest BCUT2D eigenvalue weighted by Gasteiger charge is -2.18. The van der Waals surface area contributed by atoms with Gasteiger partial charge in [-0.3, -0.25) is 9.52 Å². The first kappa shape index (κ1) is 22.4. The summed E-state index contributed by atoms with van der Waals surface area (Å²) >= 11 is 0. The minimum atomic E-state index is -3.94. The van der Waals surface area contributed by atoms with Crippen molar-refractivity contribution >= 4 is 21.6 Å². The maximum atomic E-state index is 13.2. The van der Waals surface area contributed by atoms with E-state index in [4.69, 9.17) is 9.15 Å². The van der Waals surface area contributed by atoms with Crippen LogP contribution in [-0.4, -0.2) is 21.4 Å². The van der Waals surface area contributed by atoms with Gasteiger partial charge in [-0.15, -0.1) is 0 Å². The van der Waals surface area contributed by atoms with Crippen molar-refractivity contribution in [2.45, 2.75) is 38.1 Å². The van der Waals surface area contributed by atoms with Crippen LogP contribution in [0.2, 0.25) is 0 Å². The van der Waals surface area contributed by atoms with E-state index in [1.807, 2.05) is 13.8 Å². The summed E-state index contributed by atoms with van der Waals surface area (Å²) in [5, 5.41) is 2.73. The number of sulfonamides is 1. The van der Waals surface area contributed by atoms with Crippen molar-refractivity contribution in [1.82, 2.24) is 5.32 Å². The lowest BCUT2D eigenvalue weighted by molar-refractivity contribution is 0.0949. The van der Waals surface area contributed by atoms with E-state index in [1.54, 1.807) is 62.6 Å². The number of para-hydroxylation sites is 1. The molecule has 0 spiro atoms. The van der Waals surface area contributed by atoms with Crippen molar-refractivity contribution in [2.75, 3.05) is 11.8 Å². The van der Waals surface area contributed by atoms with Crippen LogP contribution in [0.25, 0.3) is 0 Å². The molecule has 2 aromatic carbocycles. The van der Waals surface area contributed by atoms with Crippen LogP contribution in [0.3, 0.4) is 0 Å².